The molecule has 0 bridgehead atoms. The first-order valence-corrected chi connectivity index (χ1v) is 28.7. The van der Waals surface area contributed by atoms with Crippen LogP contribution in [-0.4, -0.2) is 37.2 Å². The molecule has 0 rings (SSSR count). The fraction of sp³-hybridized carbons (Fsp3) is 0.914. The molecule has 6 heteroatoms. The molecule has 0 saturated carbocycles. The van der Waals surface area contributed by atoms with E-state index in [0.717, 1.165) is 64.2 Å². The first-order chi connectivity index (χ1) is 31.5. The molecular weight excluding hydrogens is 793 g/mol. The summed E-state index contributed by atoms with van der Waals surface area (Å²) in [6, 6.07) is 0. The molecule has 0 amide bonds. The van der Waals surface area contributed by atoms with Gasteiger partial charge in [-0.15, -0.1) is 0 Å². The molecule has 0 aromatic rings. The minimum Gasteiger partial charge on any atom is -0.462 e. The van der Waals surface area contributed by atoms with Gasteiger partial charge >= 0.3 is 17.9 Å². The van der Waals surface area contributed by atoms with Gasteiger partial charge in [0.15, 0.2) is 6.10 Å². The van der Waals surface area contributed by atoms with Gasteiger partial charge in [0.2, 0.25) is 0 Å². The van der Waals surface area contributed by atoms with Gasteiger partial charge in [-0.2, -0.15) is 0 Å². The van der Waals surface area contributed by atoms with E-state index in [9.17, 15) is 14.4 Å². The lowest BCUT2D eigenvalue weighted by molar-refractivity contribution is -0.167. The molecule has 0 spiro atoms. The first kappa shape index (κ1) is 62.1. The standard InChI is InChI=1S/C58H110O6/c1-4-7-10-13-16-19-22-25-27-28-29-30-32-33-36-39-42-45-48-51-57(60)63-54-55(53-62-56(59)50-47-44-41-38-35-24-21-18-15-12-9-6-3)64-58(61)52-49-46-43-40-37-34-31-26-23-20-17-14-11-8-5-2/h18,21,55H,4-17,19-20,22-54H2,1-3H3/b21-18-. The van der Waals surface area contributed by atoms with Crippen LogP contribution < -0.4 is 0 Å². The maximum Gasteiger partial charge on any atom is 0.306 e. The number of allylic oxidation sites excluding steroid dienone is 2. The van der Waals surface area contributed by atoms with E-state index in [1.54, 1.807) is 0 Å². The second-order valence-corrected chi connectivity index (χ2v) is 19.6. The lowest BCUT2D eigenvalue weighted by atomic mass is 10.0. The molecule has 1 atom stereocenters. The normalized spacial score (nSPS) is 12.0. The number of carbonyl (C=O) groups excluding carboxylic acids is 3. The van der Waals surface area contributed by atoms with Crippen molar-refractivity contribution in [1.82, 2.24) is 0 Å². The predicted octanol–water partition coefficient (Wildman–Crippen LogP) is 18.9. The molecule has 0 radical (unpaired) electrons. The van der Waals surface area contributed by atoms with Crippen LogP contribution in [0.5, 0.6) is 0 Å². The minimum atomic E-state index is -0.767. The van der Waals surface area contributed by atoms with Crippen LogP contribution in [-0.2, 0) is 28.6 Å². The van der Waals surface area contributed by atoms with E-state index < -0.39 is 6.10 Å². The van der Waals surface area contributed by atoms with Gasteiger partial charge in [-0.25, -0.2) is 0 Å². The molecule has 6 nitrogen and oxygen atoms in total. The Morgan fingerprint density at radius 2 is 0.516 bits per heavy atom. The van der Waals surface area contributed by atoms with E-state index in [1.165, 1.54) is 218 Å². The van der Waals surface area contributed by atoms with Gasteiger partial charge in [-0.1, -0.05) is 270 Å². The smallest absolute Gasteiger partial charge is 0.306 e. The Bertz CT molecular complexity index is 993. The highest BCUT2D eigenvalue weighted by molar-refractivity contribution is 5.71. The molecule has 0 saturated heterocycles. The van der Waals surface area contributed by atoms with Crippen molar-refractivity contribution < 1.29 is 28.6 Å². The highest BCUT2D eigenvalue weighted by atomic mass is 16.6. The Hall–Kier alpha value is -1.85. The van der Waals surface area contributed by atoms with E-state index in [-0.39, 0.29) is 31.1 Å². The molecule has 64 heavy (non-hydrogen) atoms. The van der Waals surface area contributed by atoms with E-state index in [0.29, 0.717) is 19.3 Å². The Morgan fingerprint density at radius 3 is 0.812 bits per heavy atom. The molecule has 0 aliphatic carbocycles. The van der Waals surface area contributed by atoms with E-state index in [4.69, 9.17) is 14.2 Å². The monoisotopic (exact) mass is 903 g/mol. The second-order valence-electron chi connectivity index (χ2n) is 19.6. The SMILES string of the molecule is CCCCC/C=C\CCCCCCCC(=O)OCC(COC(=O)CCCCCCCCCCCCCCCCCCCCC)OC(=O)CCCCCCCCCCCCCCCCC. The van der Waals surface area contributed by atoms with Gasteiger partial charge in [0.05, 0.1) is 0 Å². The van der Waals surface area contributed by atoms with Crippen LogP contribution >= 0.6 is 0 Å². The van der Waals surface area contributed by atoms with Crippen LogP contribution in [0.25, 0.3) is 0 Å². The lowest BCUT2D eigenvalue weighted by Crippen LogP contribution is -2.30. The average molecular weight is 904 g/mol. The highest BCUT2D eigenvalue weighted by Gasteiger charge is 2.19. The molecule has 0 aliphatic heterocycles. The maximum absolute atomic E-state index is 12.8. The van der Waals surface area contributed by atoms with Crippen LogP contribution in [0.2, 0.25) is 0 Å². The Kier molecular flexibility index (Phi) is 52.2. The number of carbonyl (C=O) groups is 3. The topological polar surface area (TPSA) is 78.9 Å². The van der Waals surface area contributed by atoms with E-state index in [2.05, 4.69) is 32.9 Å². The van der Waals surface area contributed by atoms with Gasteiger partial charge in [0.1, 0.15) is 13.2 Å². The molecule has 0 aromatic carbocycles. The Morgan fingerprint density at radius 1 is 0.297 bits per heavy atom. The molecule has 0 heterocycles. The highest BCUT2D eigenvalue weighted by Crippen LogP contribution is 2.17. The summed E-state index contributed by atoms with van der Waals surface area (Å²) >= 11 is 0. The van der Waals surface area contributed by atoms with Crippen molar-refractivity contribution in [2.75, 3.05) is 13.2 Å². The lowest BCUT2D eigenvalue weighted by Gasteiger charge is -2.18. The van der Waals surface area contributed by atoms with Crippen molar-refractivity contribution in [3.05, 3.63) is 12.2 Å². The molecule has 0 aliphatic rings. The average Bonchev–Trinajstić information content (AvgIpc) is 3.29. The van der Waals surface area contributed by atoms with Crippen LogP contribution in [0.4, 0.5) is 0 Å². The van der Waals surface area contributed by atoms with Crippen molar-refractivity contribution in [3.8, 4) is 0 Å². The number of ether oxygens (including phenoxy) is 3. The molecule has 0 aromatic heterocycles. The largest absolute Gasteiger partial charge is 0.462 e. The van der Waals surface area contributed by atoms with E-state index in [1.807, 2.05) is 0 Å². The zero-order chi connectivity index (χ0) is 46.5. The summed E-state index contributed by atoms with van der Waals surface area (Å²) in [7, 11) is 0. The predicted molar refractivity (Wildman–Crippen MR) is 275 cm³/mol. The fourth-order valence-corrected chi connectivity index (χ4v) is 8.68. The summed E-state index contributed by atoms with van der Waals surface area (Å²) in [5.41, 5.74) is 0. The summed E-state index contributed by atoms with van der Waals surface area (Å²) in [5.74, 6) is -0.853. The van der Waals surface area contributed by atoms with Gasteiger partial charge < -0.3 is 14.2 Å². The molecule has 0 fully saturated rings. The third kappa shape index (κ3) is 51.1. The third-order valence-corrected chi connectivity index (χ3v) is 13.0. The summed E-state index contributed by atoms with van der Waals surface area (Å²) < 4.78 is 16.9. The molecule has 1 unspecified atom stereocenters. The minimum absolute atomic E-state index is 0.0666. The molecule has 378 valence electrons. The number of hydrogen-bond acceptors (Lipinski definition) is 6. The maximum atomic E-state index is 12.8. The van der Waals surface area contributed by atoms with Crippen LogP contribution in [0.15, 0.2) is 12.2 Å². The van der Waals surface area contributed by atoms with Gasteiger partial charge in [0.25, 0.3) is 0 Å². The van der Waals surface area contributed by atoms with Crippen LogP contribution in [0.3, 0.4) is 0 Å². The van der Waals surface area contributed by atoms with Crippen molar-refractivity contribution in [1.29, 1.82) is 0 Å². The van der Waals surface area contributed by atoms with Gasteiger partial charge in [-0.3, -0.25) is 14.4 Å². The second kappa shape index (κ2) is 53.8. The Labute approximate surface area is 399 Å². The number of rotatable bonds is 53. The van der Waals surface area contributed by atoms with Crippen LogP contribution in [0.1, 0.15) is 323 Å². The van der Waals surface area contributed by atoms with Gasteiger partial charge in [0, 0.05) is 19.3 Å². The molecular formula is C58H110O6. The van der Waals surface area contributed by atoms with Crippen molar-refractivity contribution in [2.24, 2.45) is 0 Å². The zero-order valence-electron chi connectivity index (χ0n) is 43.3. The third-order valence-electron chi connectivity index (χ3n) is 13.0. The summed E-state index contributed by atoms with van der Waals surface area (Å²) in [6.45, 7) is 6.66. The zero-order valence-corrected chi connectivity index (χ0v) is 43.3. The van der Waals surface area contributed by atoms with Crippen molar-refractivity contribution in [2.45, 2.75) is 329 Å². The van der Waals surface area contributed by atoms with Crippen LogP contribution in [0, 0.1) is 0 Å². The van der Waals surface area contributed by atoms with E-state index >= 15 is 0 Å². The first-order valence-electron chi connectivity index (χ1n) is 28.7. The van der Waals surface area contributed by atoms with Gasteiger partial charge in [-0.05, 0) is 44.9 Å². The Balaban J connectivity index is 4.27. The summed E-state index contributed by atoms with van der Waals surface area (Å²) in [6.07, 6.45) is 60.6. The van der Waals surface area contributed by atoms with Crippen molar-refractivity contribution in [3.63, 3.8) is 0 Å². The number of esters is 3. The summed E-state index contributed by atoms with van der Waals surface area (Å²) in [4.78, 5) is 38.1. The summed E-state index contributed by atoms with van der Waals surface area (Å²) in [5, 5.41) is 0. The quantitative estimate of drug-likeness (QED) is 0.0262. The number of unbranched alkanes of at least 4 members (excludes halogenated alkanes) is 40. The van der Waals surface area contributed by atoms with Crippen molar-refractivity contribution >= 4 is 17.9 Å². The molecule has 0 N–H and O–H groups in total. The number of hydrogen-bond donors (Lipinski definition) is 0. The fourth-order valence-electron chi connectivity index (χ4n) is 8.68.